The number of benzene rings is 1. The van der Waals surface area contributed by atoms with Crippen LogP contribution in [-0.4, -0.2) is 20.1 Å². The zero-order chi connectivity index (χ0) is 14.6. The van der Waals surface area contributed by atoms with Crippen LogP contribution in [0.15, 0.2) is 18.2 Å². The van der Waals surface area contributed by atoms with E-state index >= 15 is 0 Å². The maximum Gasteiger partial charge on any atom is 0.233 e. The smallest absolute Gasteiger partial charge is 0.233 e. The predicted octanol–water partition coefficient (Wildman–Crippen LogP) is 3.91. The lowest BCUT2D eigenvalue weighted by Crippen LogP contribution is -2.18. The molecule has 1 rings (SSSR count). The summed E-state index contributed by atoms with van der Waals surface area (Å²) in [6, 6.07) is 5.89. The van der Waals surface area contributed by atoms with Crippen LogP contribution < -0.4 is 4.72 Å². The van der Waals surface area contributed by atoms with E-state index in [1.165, 1.54) is 5.56 Å². The third-order valence-electron chi connectivity index (χ3n) is 2.98. The molecule has 108 valence electrons. The molecule has 0 aliphatic carbocycles. The van der Waals surface area contributed by atoms with Crippen LogP contribution in [0.3, 0.4) is 0 Å². The molecule has 5 heteroatoms. The summed E-state index contributed by atoms with van der Waals surface area (Å²) in [5.41, 5.74) is 2.89. The van der Waals surface area contributed by atoms with Gasteiger partial charge in [0.1, 0.15) is 0 Å². The quantitative estimate of drug-likeness (QED) is 0.810. The van der Waals surface area contributed by atoms with Gasteiger partial charge in [0.25, 0.3) is 0 Å². The van der Waals surface area contributed by atoms with Crippen molar-refractivity contribution in [3.05, 3.63) is 29.3 Å². The Morgan fingerprint density at radius 3 is 2.26 bits per heavy atom. The highest BCUT2D eigenvalue weighted by Gasteiger charge is 2.15. The van der Waals surface area contributed by atoms with Gasteiger partial charge in [-0.2, -0.15) is 0 Å². The van der Waals surface area contributed by atoms with Crippen molar-refractivity contribution in [1.29, 1.82) is 0 Å². The van der Waals surface area contributed by atoms with Crippen molar-refractivity contribution in [2.45, 2.75) is 39.5 Å². The van der Waals surface area contributed by atoms with Gasteiger partial charge in [-0.05, 0) is 29.0 Å². The molecule has 0 fully saturated rings. The molecule has 1 aromatic carbocycles. The third kappa shape index (κ3) is 4.69. The number of hydrogen-bond donors (Lipinski definition) is 1. The lowest BCUT2D eigenvalue weighted by atomic mass is 9.94. The van der Waals surface area contributed by atoms with Gasteiger partial charge in [-0.3, -0.25) is 4.72 Å². The van der Waals surface area contributed by atoms with E-state index in [1.54, 1.807) is 0 Å². The van der Waals surface area contributed by atoms with E-state index in [0.717, 1.165) is 5.56 Å². The molecule has 0 aromatic heterocycles. The molecule has 0 heterocycles. The van der Waals surface area contributed by atoms with Crippen molar-refractivity contribution >= 4 is 27.3 Å². The van der Waals surface area contributed by atoms with Crippen LogP contribution in [0.5, 0.6) is 0 Å². The summed E-state index contributed by atoms with van der Waals surface area (Å²) in [4.78, 5) is 0. The van der Waals surface area contributed by atoms with Crippen molar-refractivity contribution in [1.82, 2.24) is 0 Å². The van der Waals surface area contributed by atoms with Crippen LogP contribution in [0, 0.1) is 0 Å². The average Bonchev–Trinajstić information content (AvgIpc) is 2.27. The molecule has 0 radical (unpaired) electrons. The number of rotatable bonds is 6. The molecule has 0 aliphatic rings. The summed E-state index contributed by atoms with van der Waals surface area (Å²) in [7, 11) is -3.36. The summed E-state index contributed by atoms with van der Waals surface area (Å²) >= 11 is 5.50. The molecule has 3 nitrogen and oxygen atoms in total. The lowest BCUT2D eigenvalue weighted by Gasteiger charge is -2.17. The fourth-order valence-electron chi connectivity index (χ4n) is 1.83. The average molecular weight is 304 g/mol. The zero-order valence-electron chi connectivity index (χ0n) is 11.9. The van der Waals surface area contributed by atoms with Crippen LogP contribution in [0.4, 0.5) is 5.69 Å². The molecule has 0 amide bonds. The molecule has 0 unspecified atom stereocenters. The second-order valence-electron chi connectivity index (χ2n) is 5.27. The first kappa shape index (κ1) is 16.3. The first-order valence-electron chi connectivity index (χ1n) is 6.47. The van der Waals surface area contributed by atoms with Crippen LogP contribution in [0.25, 0.3) is 0 Å². The fourth-order valence-corrected chi connectivity index (χ4v) is 3.27. The number of alkyl halides is 1. The van der Waals surface area contributed by atoms with E-state index in [9.17, 15) is 8.42 Å². The topological polar surface area (TPSA) is 46.2 Å². The van der Waals surface area contributed by atoms with Gasteiger partial charge in [-0.15, -0.1) is 11.6 Å². The molecule has 0 saturated heterocycles. The number of nitrogens with one attached hydrogen (secondary N) is 1. The molecule has 0 saturated carbocycles. The first-order chi connectivity index (χ1) is 8.76. The Labute approximate surface area is 121 Å². The van der Waals surface area contributed by atoms with Crippen molar-refractivity contribution in [3.63, 3.8) is 0 Å². The Morgan fingerprint density at radius 2 is 1.79 bits per heavy atom. The van der Waals surface area contributed by atoms with Gasteiger partial charge >= 0.3 is 0 Å². The summed E-state index contributed by atoms with van der Waals surface area (Å²) in [5.74, 6) is 0.701. The van der Waals surface area contributed by atoms with Crippen molar-refractivity contribution < 1.29 is 8.42 Å². The highest BCUT2D eigenvalue weighted by Crippen LogP contribution is 2.29. The number of halogens is 1. The Morgan fingerprint density at radius 1 is 1.16 bits per heavy atom. The molecular formula is C14H22ClNO2S. The van der Waals surface area contributed by atoms with E-state index in [4.69, 9.17) is 11.6 Å². The first-order valence-corrected chi connectivity index (χ1v) is 8.65. The van der Waals surface area contributed by atoms with Crippen LogP contribution in [0.2, 0.25) is 0 Å². The van der Waals surface area contributed by atoms with Gasteiger partial charge in [-0.25, -0.2) is 8.42 Å². The minimum absolute atomic E-state index is 0.0714. The second-order valence-corrected chi connectivity index (χ2v) is 7.49. The van der Waals surface area contributed by atoms with Gasteiger partial charge in [0, 0.05) is 5.88 Å². The molecular weight excluding hydrogens is 282 g/mol. The molecule has 1 aromatic rings. The number of hydrogen-bond acceptors (Lipinski definition) is 2. The van der Waals surface area contributed by atoms with Gasteiger partial charge in [0.05, 0.1) is 11.4 Å². The highest BCUT2D eigenvalue weighted by molar-refractivity contribution is 7.92. The summed E-state index contributed by atoms with van der Waals surface area (Å²) in [6.45, 7) is 8.35. The second kappa shape index (κ2) is 6.62. The molecule has 19 heavy (non-hydrogen) atoms. The van der Waals surface area contributed by atoms with E-state index in [-0.39, 0.29) is 17.6 Å². The molecule has 0 aliphatic heterocycles. The zero-order valence-corrected chi connectivity index (χ0v) is 13.5. The molecule has 0 spiro atoms. The van der Waals surface area contributed by atoms with Crippen LogP contribution in [-0.2, 0) is 10.0 Å². The van der Waals surface area contributed by atoms with Crippen molar-refractivity contribution in [2.24, 2.45) is 0 Å². The number of anilines is 1. The van der Waals surface area contributed by atoms with E-state index < -0.39 is 10.0 Å². The fraction of sp³-hybridized carbons (Fsp3) is 0.571. The highest BCUT2D eigenvalue weighted by atomic mass is 35.5. The summed E-state index contributed by atoms with van der Waals surface area (Å²) in [6.07, 6.45) is 0. The SMILES string of the molecule is CC(C)c1ccc(NS(=O)(=O)CCCl)c(C(C)C)c1. The number of sulfonamides is 1. The minimum atomic E-state index is -3.36. The predicted molar refractivity (Wildman–Crippen MR) is 82.7 cm³/mol. The Hall–Kier alpha value is -0.740. The Balaban J connectivity index is 3.14. The van der Waals surface area contributed by atoms with Crippen molar-refractivity contribution in [3.8, 4) is 0 Å². The normalized spacial score (nSPS) is 12.2. The van der Waals surface area contributed by atoms with Crippen LogP contribution in [0.1, 0.15) is 50.7 Å². The van der Waals surface area contributed by atoms with Gasteiger partial charge in [0.2, 0.25) is 10.0 Å². The summed E-state index contributed by atoms with van der Waals surface area (Å²) in [5, 5.41) is 0. The molecule has 0 bridgehead atoms. The molecule has 1 N–H and O–H groups in total. The largest absolute Gasteiger partial charge is 0.283 e. The summed E-state index contributed by atoms with van der Waals surface area (Å²) < 4.78 is 26.2. The monoisotopic (exact) mass is 303 g/mol. The van der Waals surface area contributed by atoms with Gasteiger partial charge in [-0.1, -0.05) is 39.8 Å². The maximum absolute atomic E-state index is 11.8. The lowest BCUT2D eigenvalue weighted by molar-refractivity contribution is 0.602. The van der Waals surface area contributed by atoms with Gasteiger partial charge < -0.3 is 0 Å². The van der Waals surface area contributed by atoms with E-state index in [0.29, 0.717) is 11.6 Å². The van der Waals surface area contributed by atoms with E-state index in [2.05, 4.69) is 38.5 Å². The standard InChI is InChI=1S/C14H22ClNO2S/c1-10(2)12-5-6-14(13(9-12)11(3)4)16-19(17,18)8-7-15/h5-6,9-11,16H,7-8H2,1-4H3. The third-order valence-corrected chi connectivity index (χ3v) is 4.66. The van der Waals surface area contributed by atoms with Crippen LogP contribution >= 0.6 is 11.6 Å². The Bertz CT molecular complexity index is 524. The van der Waals surface area contributed by atoms with Crippen molar-refractivity contribution in [2.75, 3.05) is 16.4 Å². The van der Waals surface area contributed by atoms with E-state index in [1.807, 2.05) is 12.1 Å². The maximum atomic E-state index is 11.8. The Kier molecular flexibility index (Phi) is 5.68. The molecule has 0 atom stereocenters. The minimum Gasteiger partial charge on any atom is -0.283 e. The van der Waals surface area contributed by atoms with Gasteiger partial charge in [0.15, 0.2) is 0 Å².